The van der Waals surface area contributed by atoms with E-state index in [9.17, 15) is 14.4 Å². The molecule has 0 saturated carbocycles. The van der Waals surface area contributed by atoms with Crippen LogP contribution in [0.2, 0.25) is 0 Å². The molecule has 1 unspecified atom stereocenters. The number of carbonyl (C=O) groups excluding carboxylic acids is 2. The Morgan fingerprint density at radius 2 is 1.68 bits per heavy atom. The van der Waals surface area contributed by atoms with Crippen LogP contribution in [0.1, 0.15) is 45.1 Å². The minimum Gasteiger partial charge on any atom is -0.448 e. The summed E-state index contributed by atoms with van der Waals surface area (Å²) in [6.45, 7) is 9.14. The van der Waals surface area contributed by atoms with E-state index in [4.69, 9.17) is 4.74 Å². The van der Waals surface area contributed by atoms with Crippen LogP contribution in [0, 0.1) is 0 Å². The third kappa shape index (κ3) is 4.16. The van der Waals surface area contributed by atoms with Crippen molar-refractivity contribution in [3.05, 3.63) is 28.2 Å². The molecule has 7 heteroatoms. The quantitative estimate of drug-likeness (QED) is 0.757. The van der Waals surface area contributed by atoms with Crippen molar-refractivity contribution in [3.63, 3.8) is 0 Å². The number of rotatable bonds is 5. The number of amides is 1. The number of hydrogen-bond acceptors (Lipinski definition) is 5. The summed E-state index contributed by atoms with van der Waals surface area (Å²) in [5.41, 5.74) is -0.339. The topological polar surface area (TPSA) is 81.5 Å². The summed E-state index contributed by atoms with van der Waals surface area (Å²) < 4.78 is 6.21. The van der Waals surface area contributed by atoms with E-state index in [-0.39, 0.29) is 29.2 Å². The average Bonchev–Trinajstić information content (AvgIpc) is 2.40. The summed E-state index contributed by atoms with van der Waals surface area (Å²) in [6, 6.07) is 2.52. The summed E-state index contributed by atoms with van der Waals surface area (Å²) in [6.07, 6.45) is -0.920. The molecule has 0 radical (unpaired) electrons. The van der Waals surface area contributed by atoms with Crippen molar-refractivity contribution in [1.29, 1.82) is 0 Å². The lowest BCUT2D eigenvalue weighted by Gasteiger charge is -2.32. The highest BCUT2D eigenvalue weighted by molar-refractivity contribution is 5.90. The third-order valence-corrected chi connectivity index (χ3v) is 3.17. The maximum absolute atomic E-state index is 12.4. The summed E-state index contributed by atoms with van der Waals surface area (Å²) in [4.78, 5) is 37.3. The van der Waals surface area contributed by atoms with Gasteiger partial charge in [0.15, 0.2) is 11.8 Å². The van der Waals surface area contributed by atoms with Gasteiger partial charge in [-0.15, -0.1) is 0 Å². The van der Waals surface area contributed by atoms with Crippen LogP contribution in [0.4, 0.5) is 0 Å². The highest BCUT2D eigenvalue weighted by Gasteiger charge is 2.28. The van der Waals surface area contributed by atoms with Crippen LogP contribution in [0.3, 0.4) is 0 Å². The van der Waals surface area contributed by atoms with Gasteiger partial charge < -0.3 is 9.64 Å². The van der Waals surface area contributed by atoms with Crippen molar-refractivity contribution in [2.24, 2.45) is 7.05 Å². The maximum Gasteiger partial charge on any atom is 0.359 e. The number of ether oxygens (including phenoxy) is 1. The second-order valence-electron chi connectivity index (χ2n) is 5.66. The van der Waals surface area contributed by atoms with Crippen LogP contribution in [0.25, 0.3) is 0 Å². The van der Waals surface area contributed by atoms with E-state index in [1.165, 1.54) is 26.1 Å². The van der Waals surface area contributed by atoms with Crippen LogP contribution in [-0.4, -0.2) is 44.7 Å². The minimum absolute atomic E-state index is 0.00400. The van der Waals surface area contributed by atoms with Crippen LogP contribution in [0.5, 0.6) is 0 Å². The summed E-state index contributed by atoms with van der Waals surface area (Å²) in [5.74, 6) is -0.993. The van der Waals surface area contributed by atoms with Crippen molar-refractivity contribution >= 4 is 11.9 Å². The Balaban J connectivity index is 2.84. The van der Waals surface area contributed by atoms with Gasteiger partial charge in [0, 0.05) is 25.2 Å². The maximum atomic E-state index is 12.4. The lowest BCUT2D eigenvalue weighted by Crippen LogP contribution is -2.47. The number of hydrogen-bond donors (Lipinski definition) is 0. The lowest BCUT2D eigenvalue weighted by molar-refractivity contribution is -0.143. The SMILES string of the molecule is CC(OC(=O)c1ccc(=O)n(C)n1)C(=O)N(C(C)C)C(C)C. The molecular weight excluding hydrogens is 286 g/mol. The number of nitrogens with zero attached hydrogens (tertiary/aromatic N) is 3. The zero-order chi connectivity index (χ0) is 17.0. The fourth-order valence-corrected chi connectivity index (χ4v) is 2.20. The predicted molar refractivity (Wildman–Crippen MR) is 81.5 cm³/mol. The Kier molecular flexibility index (Phi) is 5.84. The van der Waals surface area contributed by atoms with Gasteiger partial charge in [-0.2, -0.15) is 5.10 Å². The normalized spacial score (nSPS) is 12.4. The molecule has 1 amide bonds. The molecule has 0 aliphatic rings. The number of esters is 1. The smallest absolute Gasteiger partial charge is 0.359 e. The predicted octanol–water partition coefficient (Wildman–Crippen LogP) is 0.971. The van der Waals surface area contributed by atoms with Crippen molar-refractivity contribution in [1.82, 2.24) is 14.7 Å². The van der Waals surface area contributed by atoms with Gasteiger partial charge >= 0.3 is 5.97 Å². The van der Waals surface area contributed by atoms with E-state index in [1.54, 1.807) is 4.90 Å². The van der Waals surface area contributed by atoms with E-state index >= 15 is 0 Å². The molecule has 0 saturated heterocycles. The third-order valence-electron chi connectivity index (χ3n) is 3.17. The Hall–Kier alpha value is -2.18. The summed E-state index contributed by atoms with van der Waals surface area (Å²) in [5, 5.41) is 3.80. The summed E-state index contributed by atoms with van der Waals surface area (Å²) in [7, 11) is 1.44. The monoisotopic (exact) mass is 309 g/mol. The zero-order valence-corrected chi connectivity index (χ0v) is 13.9. The molecule has 0 fully saturated rings. The first-order valence-corrected chi connectivity index (χ1v) is 7.22. The molecule has 122 valence electrons. The van der Waals surface area contributed by atoms with Gasteiger partial charge in [0.1, 0.15) is 0 Å². The summed E-state index contributed by atoms with van der Waals surface area (Å²) >= 11 is 0. The zero-order valence-electron chi connectivity index (χ0n) is 13.9. The van der Waals surface area contributed by atoms with Crippen molar-refractivity contribution < 1.29 is 14.3 Å². The van der Waals surface area contributed by atoms with E-state index in [1.807, 2.05) is 27.7 Å². The number of aromatic nitrogens is 2. The first-order valence-electron chi connectivity index (χ1n) is 7.22. The first-order chi connectivity index (χ1) is 10.1. The Bertz CT molecular complexity index is 599. The largest absolute Gasteiger partial charge is 0.448 e. The molecular formula is C15H23N3O4. The molecule has 1 heterocycles. The molecule has 7 nitrogen and oxygen atoms in total. The van der Waals surface area contributed by atoms with Crippen molar-refractivity contribution in [3.8, 4) is 0 Å². The van der Waals surface area contributed by atoms with Crippen molar-refractivity contribution in [2.75, 3.05) is 0 Å². The van der Waals surface area contributed by atoms with Gasteiger partial charge in [0.25, 0.3) is 11.5 Å². The van der Waals surface area contributed by atoms with Gasteiger partial charge in [-0.3, -0.25) is 9.59 Å². The van der Waals surface area contributed by atoms with Crippen molar-refractivity contribution in [2.45, 2.75) is 52.8 Å². The van der Waals surface area contributed by atoms with E-state index < -0.39 is 12.1 Å². The molecule has 0 spiro atoms. The van der Waals surface area contributed by atoms with E-state index in [0.29, 0.717) is 0 Å². The fraction of sp³-hybridized carbons (Fsp3) is 0.600. The van der Waals surface area contributed by atoms with Crippen LogP contribution in [-0.2, 0) is 16.6 Å². The molecule has 1 atom stereocenters. The molecule has 1 aromatic rings. The molecule has 0 aliphatic heterocycles. The fourth-order valence-electron chi connectivity index (χ4n) is 2.20. The highest BCUT2D eigenvalue weighted by Crippen LogP contribution is 2.10. The van der Waals surface area contributed by atoms with Gasteiger partial charge in [0.2, 0.25) is 0 Å². The Morgan fingerprint density at radius 3 is 2.14 bits per heavy atom. The van der Waals surface area contributed by atoms with E-state index in [0.717, 1.165) is 4.68 Å². The Morgan fingerprint density at radius 1 is 1.14 bits per heavy atom. The molecule has 1 rings (SSSR count). The van der Waals surface area contributed by atoms with Crippen LogP contribution >= 0.6 is 0 Å². The average molecular weight is 309 g/mol. The molecule has 22 heavy (non-hydrogen) atoms. The van der Waals surface area contributed by atoms with Gasteiger partial charge in [0.05, 0.1) is 0 Å². The van der Waals surface area contributed by atoms with Gasteiger partial charge in [-0.05, 0) is 40.7 Å². The molecule has 0 aromatic carbocycles. The van der Waals surface area contributed by atoms with Crippen LogP contribution in [0.15, 0.2) is 16.9 Å². The number of carbonyl (C=O) groups is 2. The van der Waals surface area contributed by atoms with E-state index in [2.05, 4.69) is 5.10 Å². The minimum atomic E-state index is -0.920. The molecule has 0 N–H and O–H groups in total. The molecule has 0 bridgehead atoms. The lowest BCUT2D eigenvalue weighted by atomic mass is 10.2. The molecule has 0 aliphatic carbocycles. The Labute approximate surface area is 129 Å². The highest BCUT2D eigenvalue weighted by atomic mass is 16.5. The standard InChI is InChI=1S/C15H23N3O4/c1-9(2)18(10(3)4)14(20)11(5)22-15(21)12-7-8-13(19)17(6)16-12/h7-11H,1-6H3. The second-order valence-corrected chi connectivity index (χ2v) is 5.66. The second kappa shape index (κ2) is 7.20. The molecule has 1 aromatic heterocycles. The van der Waals surface area contributed by atoms with Crippen LogP contribution < -0.4 is 5.56 Å². The first kappa shape index (κ1) is 17.9. The number of aryl methyl sites for hydroxylation is 1. The van der Waals surface area contributed by atoms with Gasteiger partial charge in [-0.25, -0.2) is 9.48 Å². The van der Waals surface area contributed by atoms with Gasteiger partial charge in [-0.1, -0.05) is 0 Å².